The normalized spacial score (nSPS) is 10.3. The van der Waals surface area contributed by atoms with Crippen molar-refractivity contribution >= 4 is 27.6 Å². The molecule has 0 spiro atoms. The Morgan fingerprint density at radius 2 is 2.18 bits per heavy atom. The van der Waals surface area contributed by atoms with E-state index in [1.165, 1.54) is 10.9 Å². The Morgan fingerprint density at radius 3 is 2.76 bits per heavy atom. The lowest BCUT2D eigenvalue weighted by atomic mass is 10.1. The van der Waals surface area contributed by atoms with Crippen LogP contribution in [0, 0.1) is 13.8 Å². The van der Waals surface area contributed by atoms with Crippen LogP contribution in [0.25, 0.3) is 0 Å². The summed E-state index contributed by atoms with van der Waals surface area (Å²) in [4.78, 5) is 15.7. The Hall–Kier alpha value is -1.62. The van der Waals surface area contributed by atoms with E-state index in [4.69, 9.17) is 0 Å². The molecule has 0 aliphatic heterocycles. The van der Waals surface area contributed by atoms with Gasteiger partial charge in [-0.15, -0.1) is 0 Å². The van der Waals surface area contributed by atoms with Crippen molar-refractivity contribution in [3.05, 3.63) is 46.5 Å². The van der Waals surface area contributed by atoms with E-state index < -0.39 is 0 Å². The summed E-state index contributed by atoms with van der Waals surface area (Å²) in [7, 11) is 0. The van der Waals surface area contributed by atoms with Gasteiger partial charge in [-0.2, -0.15) is 0 Å². The molecule has 5 heteroatoms. The third-order valence-corrected chi connectivity index (χ3v) is 3.03. The van der Waals surface area contributed by atoms with Crippen molar-refractivity contribution in [2.75, 3.05) is 5.32 Å². The molecule has 0 bridgehead atoms. The Bertz CT molecular complexity index is 526. The van der Waals surface area contributed by atoms with E-state index in [9.17, 15) is 4.79 Å². The van der Waals surface area contributed by atoms with Crippen molar-refractivity contribution < 1.29 is 4.79 Å². The van der Waals surface area contributed by atoms with E-state index in [0.717, 1.165) is 21.3 Å². The SMILES string of the molecule is Cc1cc(C)c(NC(=O)n2ccnc2)c(Br)c1. The molecule has 1 heterocycles. The maximum atomic E-state index is 11.9. The van der Waals surface area contributed by atoms with Gasteiger partial charge in [-0.05, 0) is 47.0 Å². The van der Waals surface area contributed by atoms with Gasteiger partial charge in [0.25, 0.3) is 0 Å². The van der Waals surface area contributed by atoms with Crippen LogP contribution >= 0.6 is 15.9 Å². The first-order chi connectivity index (χ1) is 8.08. The fourth-order valence-corrected chi connectivity index (χ4v) is 2.40. The molecule has 0 radical (unpaired) electrons. The number of carbonyl (C=O) groups is 1. The van der Waals surface area contributed by atoms with Gasteiger partial charge in [0, 0.05) is 16.9 Å². The predicted octanol–water partition coefficient (Wildman–Crippen LogP) is 3.34. The number of imidazole rings is 1. The molecule has 2 rings (SSSR count). The predicted molar refractivity (Wildman–Crippen MR) is 70.3 cm³/mol. The molecule has 2 aromatic rings. The standard InChI is InChI=1S/C12H12BrN3O/c1-8-5-9(2)11(10(13)6-8)15-12(17)16-4-3-14-7-16/h3-7H,1-2H3,(H,15,17). The number of rotatable bonds is 1. The maximum Gasteiger partial charge on any atom is 0.331 e. The van der Waals surface area contributed by atoms with Gasteiger partial charge in [0.2, 0.25) is 0 Å². The number of hydrogen-bond donors (Lipinski definition) is 1. The third-order valence-electron chi connectivity index (χ3n) is 2.40. The highest BCUT2D eigenvalue weighted by atomic mass is 79.9. The fraction of sp³-hybridized carbons (Fsp3) is 0.167. The number of halogens is 1. The van der Waals surface area contributed by atoms with E-state index in [1.54, 1.807) is 12.4 Å². The van der Waals surface area contributed by atoms with Crippen molar-refractivity contribution in [3.8, 4) is 0 Å². The Balaban J connectivity index is 2.28. The number of amides is 1. The lowest BCUT2D eigenvalue weighted by Crippen LogP contribution is -2.18. The van der Waals surface area contributed by atoms with Crippen LogP contribution in [-0.4, -0.2) is 15.6 Å². The third kappa shape index (κ3) is 2.55. The van der Waals surface area contributed by atoms with Crippen LogP contribution in [0.5, 0.6) is 0 Å². The monoisotopic (exact) mass is 293 g/mol. The largest absolute Gasteiger partial charge is 0.331 e. The summed E-state index contributed by atoms with van der Waals surface area (Å²) < 4.78 is 2.27. The molecule has 1 aromatic carbocycles. The number of benzene rings is 1. The molecule has 0 aliphatic carbocycles. The molecule has 4 nitrogen and oxygen atoms in total. The second-order valence-corrected chi connectivity index (χ2v) is 4.69. The molecule has 0 fully saturated rings. The van der Waals surface area contributed by atoms with Crippen LogP contribution in [-0.2, 0) is 0 Å². The minimum absolute atomic E-state index is 0.227. The van der Waals surface area contributed by atoms with E-state index in [2.05, 4.69) is 26.2 Å². The molecule has 0 unspecified atom stereocenters. The van der Waals surface area contributed by atoms with Gasteiger partial charge < -0.3 is 5.32 Å². The maximum absolute atomic E-state index is 11.9. The van der Waals surface area contributed by atoms with Crippen LogP contribution in [0.2, 0.25) is 0 Å². The second-order valence-electron chi connectivity index (χ2n) is 3.84. The molecule has 0 saturated carbocycles. The highest BCUT2D eigenvalue weighted by molar-refractivity contribution is 9.10. The average molecular weight is 294 g/mol. The molecule has 1 aromatic heterocycles. The van der Waals surface area contributed by atoms with Crippen LogP contribution < -0.4 is 5.32 Å². The average Bonchev–Trinajstić information content (AvgIpc) is 2.76. The van der Waals surface area contributed by atoms with Crippen LogP contribution in [0.3, 0.4) is 0 Å². The summed E-state index contributed by atoms with van der Waals surface area (Å²) >= 11 is 3.45. The molecule has 1 N–H and O–H groups in total. The van der Waals surface area contributed by atoms with Gasteiger partial charge >= 0.3 is 6.03 Å². The lowest BCUT2D eigenvalue weighted by molar-refractivity contribution is 0.253. The summed E-state index contributed by atoms with van der Waals surface area (Å²) in [5.74, 6) is 0. The van der Waals surface area contributed by atoms with Gasteiger partial charge in [-0.25, -0.2) is 9.78 Å². The first-order valence-electron chi connectivity index (χ1n) is 5.14. The van der Waals surface area contributed by atoms with Gasteiger partial charge in [0.1, 0.15) is 6.33 Å². The highest BCUT2D eigenvalue weighted by Crippen LogP contribution is 2.27. The zero-order valence-corrected chi connectivity index (χ0v) is 11.2. The molecular formula is C12H12BrN3O. The Labute approximate surface area is 108 Å². The number of aryl methyl sites for hydroxylation is 2. The van der Waals surface area contributed by atoms with E-state index in [1.807, 2.05) is 26.0 Å². The van der Waals surface area contributed by atoms with Gasteiger partial charge in [-0.3, -0.25) is 4.57 Å². The summed E-state index contributed by atoms with van der Waals surface area (Å²) in [5.41, 5.74) is 2.95. The van der Waals surface area contributed by atoms with Gasteiger partial charge in [0.15, 0.2) is 0 Å². The topological polar surface area (TPSA) is 46.9 Å². The van der Waals surface area contributed by atoms with Crippen LogP contribution in [0.4, 0.5) is 10.5 Å². The molecule has 17 heavy (non-hydrogen) atoms. The minimum Gasteiger partial charge on any atom is -0.306 e. The van der Waals surface area contributed by atoms with Crippen molar-refractivity contribution in [2.24, 2.45) is 0 Å². The van der Waals surface area contributed by atoms with Crippen molar-refractivity contribution in [3.63, 3.8) is 0 Å². The second kappa shape index (κ2) is 4.71. The highest BCUT2D eigenvalue weighted by Gasteiger charge is 2.09. The van der Waals surface area contributed by atoms with Crippen molar-refractivity contribution in [1.29, 1.82) is 0 Å². The molecule has 1 amide bonds. The Morgan fingerprint density at radius 1 is 1.41 bits per heavy atom. The number of nitrogens with zero attached hydrogens (tertiary/aromatic N) is 2. The molecular weight excluding hydrogens is 282 g/mol. The van der Waals surface area contributed by atoms with Gasteiger partial charge in [-0.1, -0.05) is 6.07 Å². The first-order valence-corrected chi connectivity index (χ1v) is 5.93. The van der Waals surface area contributed by atoms with Crippen molar-refractivity contribution in [1.82, 2.24) is 9.55 Å². The van der Waals surface area contributed by atoms with E-state index in [-0.39, 0.29) is 6.03 Å². The van der Waals surface area contributed by atoms with E-state index >= 15 is 0 Å². The molecule has 88 valence electrons. The number of aromatic nitrogens is 2. The molecule has 0 saturated heterocycles. The van der Waals surface area contributed by atoms with Crippen LogP contribution in [0.15, 0.2) is 35.3 Å². The van der Waals surface area contributed by atoms with E-state index in [0.29, 0.717) is 0 Å². The lowest BCUT2D eigenvalue weighted by Gasteiger charge is -2.11. The minimum atomic E-state index is -0.227. The first kappa shape index (κ1) is 11.9. The van der Waals surface area contributed by atoms with Crippen LogP contribution in [0.1, 0.15) is 11.1 Å². The summed E-state index contributed by atoms with van der Waals surface area (Å²) in [6, 6.07) is 3.76. The zero-order valence-electron chi connectivity index (χ0n) is 9.57. The zero-order chi connectivity index (χ0) is 12.4. The fourth-order valence-electron chi connectivity index (χ4n) is 1.62. The molecule has 0 atom stereocenters. The number of hydrogen-bond acceptors (Lipinski definition) is 2. The quantitative estimate of drug-likeness (QED) is 0.876. The summed E-state index contributed by atoms with van der Waals surface area (Å²) in [5, 5.41) is 2.85. The number of anilines is 1. The summed E-state index contributed by atoms with van der Waals surface area (Å²) in [6.07, 6.45) is 4.64. The number of nitrogens with one attached hydrogen (secondary N) is 1. The van der Waals surface area contributed by atoms with Gasteiger partial charge in [0.05, 0.1) is 5.69 Å². The Kier molecular flexibility index (Phi) is 3.28. The van der Waals surface area contributed by atoms with Crippen molar-refractivity contribution in [2.45, 2.75) is 13.8 Å². The molecule has 0 aliphatic rings. The smallest absolute Gasteiger partial charge is 0.306 e. The number of carbonyl (C=O) groups excluding carboxylic acids is 1. The summed E-state index contributed by atoms with van der Waals surface area (Å²) in [6.45, 7) is 3.97.